The van der Waals surface area contributed by atoms with Gasteiger partial charge in [-0.2, -0.15) is 0 Å². The Labute approximate surface area is 87.8 Å². The monoisotopic (exact) mass is 206 g/mol. The third kappa shape index (κ3) is 1.52. The van der Waals surface area contributed by atoms with E-state index in [4.69, 9.17) is 0 Å². The fourth-order valence-corrected chi connectivity index (χ4v) is 2.84. The van der Waals surface area contributed by atoms with Gasteiger partial charge in [-0.05, 0) is 31.1 Å². The summed E-state index contributed by atoms with van der Waals surface area (Å²) in [6.45, 7) is 1.81. The predicted octanol–water partition coefficient (Wildman–Crippen LogP) is 0.677. The van der Waals surface area contributed by atoms with Crippen molar-refractivity contribution in [3.05, 3.63) is 11.9 Å². The molecule has 5 heteroatoms. The predicted molar refractivity (Wildman–Crippen MR) is 53.1 cm³/mol. The van der Waals surface area contributed by atoms with E-state index in [0.29, 0.717) is 5.69 Å². The van der Waals surface area contributed by atoms with Gasteiger partial charge >= 0.3 is 0 Å². The molecule has 1 saturated carbocycles. The van der Waals surface area contributed by atoms with Crippen LogP contribution in [0.4, 0.5) is 0 Å². The van der Waals surface area contributed by atoms with E-state index in [1.807, 2.05) is 4.90 Å². The molecule has 2 unspecified atom stereocenters. The summed E-state index contributed by atoms with van der Waals surface area (Å²) >= 11 is 0. The summed E-state index contributed by atoms with van der Waals surface area (Å²) in [6, 6.07) is 0. The molecule has 0 aromatic carbocycles. The minimum absolute atomic E-state index is 0.0281. The van der Waals surface area contributed by atoms with Crippen molar-refractivity contribution in [1.82, 2.24) is 20.3 Å². The molecule has 2 atom stereocenters. The maximum absolute atomic E-state index is 12.0. The van der Waals surface area contributed by atoms with Crippen molar-refractivity contribution < 1.29 is 4.79 Å². The number of rotatable bonds is 1. The number of nitrogens with zero attached hydrogens (tertiary/aromatic N) is 3. The van der Waals surface area contributed by atoms with Crippen LogP contribution in [-0.2, 0) is 0 Å². The van der Waals surface area contributed by atoms with Gasteiger partial charge in [-0.3, -0.25) is 9.89 Å². The number of aromatic nitrogens is 3. The molecule has 2 aliphatic rings. The highest BCUT2D eigenvalue weighted by molar-refractivity contribution is 5.91. The first-order valence-corrected chi connectivity index (χ1v) is 5.48. The second-order valence-electron chi connectivity index (χ2n) is 4.61. The number of carbonyl (C=O) groups excluding carboxylic acids is 1. The van der Waals surface area contributed by atoms with Gasteiger partial charge in [0.1, 0.15) is 0 Å². The number of aromatic amines is 1. The summed E-state index contributed by atoms with van der Waals surface area (Å²) in [5.41, 5.74) is 0.441. The SMILES string of the molecule is O=C(c1c[nH]nn1)N1CC2CCC(C2)C1. The highest BCUT2D eigenvalue weighted by Crippen LogP contribution is 2.36. The third-order valence-corrected chi connectivity index (χ3v) is 3.53. The van der Waals surface area contributed by atoms with E-state index in [-0.39, 0.29) is 5.91 Å². The first-order valence-electron chi connectivity index (χ1n) is 5.48. The van der Waals surface area contributed by atoms with Gasteiger partial charge in [-0.25, -0.2) is 0 Å². The molecule has 15 heavy (non-hydrogen) atoms. The lowest BCUT2D eigenvalue weighted by atomic mass is 9.99. The lowest BCUT2D eigenvalue weighted by molar-refractivity contribution is 0.0656. The molecule has 1 aliphatic heterocycles. The van der Waals surface area contributed by atoms with Crippen LogP contribution < -0.4 is 0 Å². The van der Waals surface area contributed by atoms with Gasteiger partial charge in [0.2, 0.25) is 0 Å². The number of hydrogen-bond donors (Lipinski definition) is 1. The van der Waals surface area contributed by atoms with Gasteiger partial charge < -0.3 is 4.90 Å². The van der Waals surface area contributed by atoms with E-state index in [0.717, 1.165) is 24.9 Å². The summed E-state index contributed by atoms with van der Waals surface area (Å²) < 4.78 is 0. The van der Waals surface area contributed by atoms with Crippen LogP contribution in [0.2, 0.25) is 0 Å². The lowest BCUT2D eigenvalue weighted by Gasteiger charge is -2.31. The Morgan fingerprint density at radius 2 is 2.13 bits per heavy atom. The number of likely N-dealkylation sites (tertiary alicyclic amines) is 1. The Balaban J connectivity index is 1.75. The number of H-pyrrole nitrogens is 1. The highest BCUT2D eigenvalue weighted by atomic mass is 16.2. The molecule has 2 heterocycles. The van der Waals surface area contributed by atoms with E-state index in [1.165, 1.54) is 19.3 Å². The van der Waals surface area contributed by atoms with Gasteiger partial charge in [0.25, 0.3) is 5.91 Å². The summed E-state index contributed by atoms with van der Waals surface area (Å²) in [5.74, 6) is 1.47. The van der Waals surface area contributed by atoms with Gasteiger partial charge in [-0.1, -0.05) is 5.21 Å². The lowest BCUT2D eigenvalue weighted by Crippen LogP contribution is -2.40. The van der Waals surface area contributed by atoms with Gasteiger partial charge in [0, 0.05) is 13.1 Å². The van der Waals surface area contributed by atoms with Crippen LogP contribution in [0, 0.1) is 11.8 Å². The zero-order valence-electron chi connectivity index (χ0n) is 8.52. The fraction of sp³-hybridized carbons (Fsp3) is 0.700. The second kappa shape index (κ2) is 3.32. The van der Waals surface area contributed by atoms with E-state index >= 15 is 0 Å². The average molecular weight is 206 g/mol. The molecule has 1 aromatic heterocycles. The van der Waals surface area contributed by atoms with Crippen molar-refractivity contribution in [2.24, 2.45) is 11.8 Å². The summed E-state index contributed by atoms with van der Waals surface area (Å²) in [7, 11) is 0. The Bertz CT molecular complexity index is 350. The smallest absolute Gasteiger partial charge is 0.276 e. The molecule has 3 rings (SSSR count). The molecule has 2 bridgehead atoms. The maximum Gasteiger partial charge on any atom is 0.276 e. The van der Waals surface area contributed by atoms with Crippen LogP contribution in [0.1, 0.15) is 29.8 Å². The Hall–Kier alpha value is -1.39. The summed E-state index contributed by atoms with van der Waals surface area (Å²) in [4.78, 5) is 13.9. The van der Waals surface area contributed by atoms with Crippen LogP contribution in [-0.4, -0.2) is 39.3 Å². The van der Waals surface area contributed by atoms with E-state index in [1.54, 1.807) is 6.20 Å². The van der Waals surface area contributed by atoms with Crippen molar-refractivity contribution in [1.29, 1.82) is 0 Å². The van der Waals surface area contributed by atoms with Crippen molar-refractivity contribution in [2.45, 2.75) is 19.3 Å². The first kappa shape index (κ1) is 8.88. The highest BCUT2D eigenvalue weighted by Gasteiger charge is 2.35. The maximum atomic E-state index is 12.0. The van der Waals surface area contributed by atoms with E-state index in [9.17, 15) is 4.79 Å². The summed E-state index contributed by atoms with van der Waals surface area (Å²) in [6.07, 6.45) is 5.45. The quantitative estimate of drug-likeness (QED) is 0.734. The Morgan fingerprint density at radius 3 is 2.73 bits per heavy atom. The molecule has 1 saturated heterocycles. The molecule has 1 amide bonds. The normalized spacial score (nSPS) is 29.5. The number of amides is 1. The minimum Gasteiger partial charge on any atom is -0.337 e. The van der Waals surface area contributed by atoms with E-state index in [2.05, 4.69) is 15.4 Å². The largest absolute Gasteiger partial charge is 0.337 e. The summed E-state index contributed by atoms with van der Waals surface area (Å²) in [5, 5.41) is 9.91. The molecule has 1 N–H and O–H groups in total. The molecule has 0 spiro atoms. The zero-order chi connectivity index (χ0) is 10.3. The van der Waals surface area contributed by atoms with Crippen molar-refractivity contribution in [3.8, 4) is 0 Å². The molecule has 1 aromatic rings. The number of fused-ring (bicyclic) bond motifs is 2. The van der Waals surface area contributed by atoms with Gasteiger partial charge in [-0.15, -0.1) is 5.10 Å². The number of carbonyl (C=O) groups is 1. The Kier molecular flexibility index (Phi) is 1.97. The second-order valence-corrected chi connectivity index (χ2v) is 4.61. The number of nitrogens with one attached hydrogen (secondary N) is 1. The van der Waals surface area contributed by atoms with E-state index < -0.39 is 0 Å². The van der Waals surface area contributed by atoms with Crippen LogP contribution >= 0.6 is 0 Å². The molecule has 0 radical (unpaired) electrons. The Morgan fingerprint density at radius 1 is 1.40 bits per heavy atom. The zero-order valence-corrected chi connectivity index (χ0v) is 8.52. The van der Waals surface area contributed by atoms with Crippen LogP contribution in [0.3, 0.4) is 0 Å². The number of piperidine rings is 1. The van der Waals surface area contributed by atoms with Gasteiger partial charge in [0.05, 0.1) is 6.20 Å². The molecular formula is C10H14N4O. The fourth-order valence-electron chi connectivity index (χ4n) is 2.84. The van der Waals surface area contributed by atoms with Crippen LogP contribution in [0.5, 0.6) is 0 Å². The first-order chi connectivity index (χ1) is 7.33. The van der Waals surface area contributed by atoms with Crippen molar-refractivity contribution >= 4 is 5.91 Å². The molecule has 1 aliphatic carbocycles. The molecule has 80 valence electrons. The van der Waals surface area contributed by atoms with Crippen molar-refractivity contribution in [3.63, 3.8) is 0 Å². The van der Waals surface area contributed by atoms with Crippen LogP contribution in [0.15, 0.2) is 6.20 Å². The topological polar surface area (TPSA) is 61.9 Å². The van der Waals surface area contributed by atoms with Crippen molar-refractivity contribution in [2.75, 3.05) is 13.1 Å². The third-order valence-electron chi connectivity index (χ3n) is 3.53. The molecule has 2 fully saturated rings. The van der Waals surface area contributed by atoms with Crippen LogP contribution in [0.25, 0.3) is 0 Å². The number of hydrogen-bond acceptors (Lipinski definition) is 3. The minimum atomic E-state index is 0.0281. The van der Waals surface area contributed by atoms with Gasteiger partial charge in [0.15, 0.2) is 5.69 Å². The average Bonchev–Trinajstić information content (AvgIpc) is 2.87. The molecular weight excluding hydrogens is 192 g/mol. The standard InChI is InChI=1S/C10H14N4O/c15-10(9-4-11-13-12-9)14-5-7-1-2-8(3-7)6-14/h4,7-8H,1-3,5-6H2,(H,11,12,13). The molecule has 5 nitrogen and oxygen atoms in total.